The molecule has 0 saturated heterocycles. The Bertz CT molecular complexity index is 1190. The molecular weight excluding hydrogens is 516 g/mol. The summed E-state index contributed by atoms with van der Waals surface area (Å²) in [5.74, 6) is -2.31. The van der Waals surface area contributed by atoms with Crippen LogP contribution < -0.4 is 20.9 Å². The monoisotopic (exact) mass is 532 g/mol. The van der Waals surface area contributed by atoms with Crippen LogP contribution in [0.5, 0.6) is 11.8 Å². The lowest BCUT2D eigenvalue weighted by atomic mass is 10.4. The van der Waals surface area contributed by atoms with Crippen LogP contribution >= 0.6 is 15.9 Å². The molecule has 0 amide bonds. The molecule has 0 aliphatic heterocycles. The Morgan fingerprint density at radius 3 is 1.88 bits per heavy atom. The Morgan fingerprint density at radius 2 is 1.48 bits per heavy atom. The molecule has 5 N–H and O–H groups in total. The molecule has 15 heteroatoms. The van der Waals surface area contributed by atoms with E-state index >= 15 is 0 Å². The molecule has 0 unspecified atom stereocenters. The second-order valence-electron chi connectivity index (χ2n) is 5.77. The summed E-state index contributed by atoms with van der Waals surface area (Å²) < 4.78 is 61.6. The molecule has 176 valence electrons. The van der Waals surface area contributed by atoms with Crippen LogP contribution in [0.2, 0.25) is 0 Å². The number of nitrogens with zero attached hydrogens (tertiary/aromatic N) is 5. The van der Waals surface area contributed by atoms with Crippen molar-refractivity contribution in [3.63, 3.8) is 0 Å². The zero-order chi connectivity index (χ0) is 24.5. The molecule has 0 aromatic carbocycles. The highest BCUT2D eigenvalue weighted by atomic mass is 79.9. The lowest BCUT2D eigenvalue weighted by Gasteiger charge is -2.04. The Kier molecular flexibility index (Phi) is 8.97. The number of aromatic nitrogens is 6. The Hall–Kier alpha value is -3.88. The van der Waals surface area contributed by atoms with E-state index < -0.39 is 23.5 Å². The van der Waals surface area contributed by atoms with Crippen molar-refractivity contribution in [2.75, 3.05) is 25.7 Å². The predicted molar refractivity (Wildman–Crippen MR) is 114 cm³/mol. The lowest BCUT2D eigenvalue weighted by molar-refractivity contribution is 0.368. The molecule has 4 aromatic rings. The zero-order valence-corrected chi connectivity index (χ0v) is 18.6. The molecule has 0 radical (unpaired) electrons. The Labute approximate surface area is 192 Å². The molecule has 33 heavy (non-hydrogen) atoms. The third-order valence-electron chi connectivity index (χ3n) is 3.45. The molecular formula is C18H17BrF4N8O2. The van der Waals surface area contributed by atoms with E-state index in [9.17, 15) is 17.6 Å². The van der Waals surface area contributed by atoms with E-state index in [4.69, 9.17) is 11.5 Å². The van der Waals surface area contributed by atoms with Crippen LogP contribution in [0, 0.1) is 23.5 Å². The van der Waals surface area contributed by atoms with Crippen LogP contribution in [0.1, 0.15) is 0 Å². The number of pyridine rings is 2. The Morgan fingerprint density at radius 1 is 0.879 bits per heavy atom. The fourth-order valence-electron chi connectivity index (χ4n) is 2.10. The summed E-state index contributed by atoms with van der Waals surface area (Å²) in [4.78, 5) is 7.31. The van der Waals surface area contributed by atoms with Crippen molar-refractivity contribution in [2.45, 2.75) is 0 Å². The van der Waals surface area contributed by atoms with Gasteiger partial charge >= 0.3 is 0 Å². The maximum atomic E-state index is 13.3. The van der Waals surface area contributed by atoms with Crippen molar-refractivity contribution >= 4 is 27.6 Å². The van der Waals surface area contributed by atoms with Gasteiger partial charge in [-0.1, -0.05) is 0 Å². The number of H-pyrrole nitrogens is 1. The quantitative estimate of drug-likeness (QED) is 0.341. The molecule has 0 saturated carbocycles. The minimum absolute atomic E-state index is 0.00808. The van der Waals surface area contributed by atoms with Gasteiger partial charge in [-0.15, -0.1) is 5.10 Å². The van der Waals surface area contributed by atoms with E-state index in [0.29, 0.717) is 4.47 Å². The molecule has 4 heterocycles. The topological polar surface area (TPSA) is 143 Å². The molecule has 0 fully saturated rings. The maximum absolute atomic E-state index is 13.3. The highest BCUT2D eigenvalue weighted by Crippen LogP contribution is 2.18. The molecule has 0 spiro atoms. The first kappa shape index (κ1) is 25.4. The van der Waals surface area contributed by atoms with Crippen molar-refractivity contribution < 1.29 is 27.0 Å². The molecule has 4 rings (SSSR count). The van der Waals surface area contributed by atoms with Crippen molar-refractivity contribution in [1.82, 2.24) is 29.9 Å². The van der Waals surface area contributed by atoms with Crippen LogP contribution in [0.4, 0.5) is 29.2 Å². The fourth-order valence-corrected chi connectivity index (χ4v) is 2.41. The first-order chi connectivity index (χ1) is 15.6. The number of hydrogen-bond donors (Lipinski definition) is 3. The minimum Gasteiger partial charge on any atom is -0.479 e. The molecule has 0 aliphatic rings. The van der Waals surface area contributed by atoms with Gasteiger partial charge in [0, 0.05) is 28.9 Å². The summed E-state index contributed by atoms with van der Waals surface area (Å²) >= 11 is 3.07. The molecule has 0 aliphatic carbocycles. The normalized spacial score (nSPS) is 9.91. The number of nitrogens with two attached hydrogens (primary N) is 2. The lowest BCUT2D eigenvalue weighted by Crippen LogP contribution is -2.03. The smallest absolute Gasteiger partial charge is 0.250 e. The number of nitrogen functional groups attached to an aromatic ring is 2. The van der Waals surface area contributed by atoms with Gasteiger partial charge in [0.2, 0.25) is 23.7 Å². The van der Waals surface area contributed by atoms with Gasteiger partial charge in [-0.2, -0.15) is 13.9 Å². The summed E-state index contributed by atoms with van der Waals surface area (Å²) in [7, 11) is 2.66. The molecule has 0 bridgehead atoms. The minimum atomic E-state index is -0.700. The van der Waals surface area contributed by atoms with E-state index in [0.717, 1.165) is 22.9 Å². The van der Waals surface area contributed by atoms with Crippen LogP contribution in [-0.2, 0) is 0 Å². The highest BCUT2D eigenvalue weighted by molar-refractivity contribution is 9.10. The zero-order valence-electron chi connectivity index (χ0n) is 17.1. The Balaban J connectivity index is 0.000000193. The average molecular weight is 533 g/mol. The largest absolute Gasteiger partial charge is 0.479 e. The number of rotatable bonds is 3. The first-order valence-electron chi connectivity index (χ1n) is 8.67. The van der Waals surface area contributed by atoms with Gasteiger partial charge in [0.05, 0.1) is 26.1 Å². The van der Waals surface area contributed by atoms with Crippen LogP contribution in [0.25, 0.3) is 5.69 Å². The van der Waals surface area contributed by atoms with Gasteiger partial charge in [0.25, 0.3) is 0 Å². The number of nitrogens with one attached hydrogen (secondary N) is 1. The second kappa shape index (κ2) is 11.7. The average Bonchev–Trinajstić information content (AvgIpc) is 3.31. The van der Waals surface area contributed by atoms with E-state index in [1.165, 1.54) is 32.7 Å². The van der Waals surface area contributed by atoms with E-state index in [1.54, 1.807) is 0 Å². The standard InChI is InChI=1S/C9H8F2N4O.C6H5BrFNO.C3H4FN3/c1-16-9-6(10)2-5(4-13-9)15-7(11)3-8(12)14-15;1-10-6-5(8)2-4(7)3-9-6;4-2-1-3(5)7-6-2/h2-4H,1H3,(H2,12,14);2-3H,1H3;1H,(H3,5,6,7). The third-order valence-corrected chi connectivity index (χ3v) is 3.88. The predicted octanol–water partition coefficient (Wildman–Crippen LogP) is 3.26. The summed E-state index contributed by atoms with van der Waals surface area (Å²) in [6.45, 7) is 0. The van der Waals surface area contributed by atoms with E-state index in [1.807, 2.05) is 5.10 Å². The maximum Gasteiger partial charge on any atom is 0.250 e. The van der Waals surface area contributed by atoms with Crippen LogP contribution in [-0.4, -0.2) is 44.2 Å². The summed E-state index contributed by atoms with van der Waals surface area (Å²) in [5, 5.41) is 8.97. The summed E-state index contributed by atoms with van der Waals surface area (Å²) in [5.41, 5.74) is 10.4. The fraction of sp³-hybridized carbons (Fsp3) is 0.111. The number of methoxy groups -OCH3 is 2. The van der Waals surface area contributed by atoms with Crippen LogP contribution in [0.15, 0.2) is 41.1 Å². The summed E-state index contributed by atoms with van der Waals surface area (Å²) in [6, 6.07) is 4.50. The van der Waals surface area contributed by atoms with E-state index in [-0.39, 0.29) is 29.1 Å². The van der Waals surface area contributed by atoms with Gasteiger partial charge in [-0.25, -0.2) is 23.4 Å². The van der Waals surface area contributed by atoms with Crippen molar-refractivity contribution in [3.05, 3.63) is 64.7 Å². The van der Waals surface area contributed by atoms with Gasteiger partial charge in [0.1, 0.15) is 11.6 Å². The van der Waals surface area contributed by atoms with Gasteiger partial charge < -0.3 is 20.9 Å². The van der Waals surface area contributed by atoms with E-state index in [2.05, 4.69) is 45.6 Å². The van der Waals surface area contributed by atoms with Gasteiger partial charge in [-0.05, 0) is 22.0 Å². The van der Waals surface area contributed by atoms with Crippen molar-refractivity contribution in [2.24, 2.45) is 0 Å². The van der Waals surface area contributed by atoms with Crippen molar-refractivity contribution in [1.29, 1.82) is 0 Å². The summed E-state index contributed by atoms with van der Waals surface area (Å²) in [6.07, 6.45) is 2.71. The number of anilines is 2. The molecule has 10 nitrogen and oxygen atoms in total. The highest BCUT2D eigenvalue weighted by Gasteiger charge is 2.11. The molecule has 4 aromatic heterocycles. The number of hydrogen-bond acceptors (Lipinski definition) is 8. The number of halogens is 5. The number of ether oxygens (including phenoxy) is 2. The van der Waals surface area contributed by atoms with Crippen LogP contribution in [0.3, 0.4) is 0 Å². The molecule has 0 atom stereocenters. The van der Waals surface area contributed by atoms with Gasteiger partial charge in [0.15, 0.2) is 11.6 Å². The SMILES string of the molecule is COc1ncc(-n2nc(N)cc2F)cc1F.COc1ncc(Br)cc1F.Nc1cc(F)[nH]n1. The number of aromatic amines is 1. The van der Waals surface area contributed by atoms with Gasteiger partial charge in [-0.3, -0.25) is 5.10 Å². The van der Waals surface area contributed by atoms with Crippen molar-refractivity contribution in [3.8, 4) is 17.4 Å². The first-order valence-corrected chi connectivity index (χ1v) is 9.46. The second-order valence-corrected chi connectivity index (χ2v) is 6.69. The third kappa shape index (κ3) is 7.34.